The number of quaternary nitrogens is 1. The fraction of sp³-hybridized carbons (Fsp3) is 0.333. The highest BCUT2D eigenvalue weighted by atomic mass is 16.5. The lowest BCUT2D eigenvalue weighted by atomic mass is 10.2. The Morgan fingerprint density at radius 2 is 2.53 bits per heavy atom. The second-order valence-electron chi connectivity index (χ2n) is 3.58. The number of nitrogens with zero attached hydrogens (tertiary/aromatic N) is 2. The Kier molecular flexibility index (Phi) is 2.09. The number of amides is 1. The van der Waals surface area contributed by atoms with Gasteiger partial charge in [0, 0.05) is 12.3 Å². The molecule has 2 rings (SSSR count). The lowest BCUT2D eigenvalue weighted by molar-refractivity contribution is 0.106. The smallest absolute Gasteiger partial charge is 0.478 e. The van der Waals surface area contributed by atoms with Gasteiger partial charge in [-0.2, -0.15) is 9.28 Å². The van der Waals surface area contributed by atoms with Gasteiger partial charge in [0.1, 0.15) is 0 Å². The number of carboxylic acid groups (broad SMARTS) is 1. The summed E-state index contributed by atoms with van der Waals surface area (Å²) in [5.41, 5.74) is 6.30. The van der Waals surface area contributed by atoms with Gasteiger partial charge in [0.2, 0.25) is 0 Å². The van der Waals surface area contributed by atoms with Gasteiger partial charge in [-0.05, 0) is 0 Å². The van der Waals surface area contributed by atoms with Crippen molar-refractivity contribution in [2.24, 2.45) is 5.73 Å². The molecule has 2 atom stereocenters. The lowest BCUT2D eigenvalue weighted by Gasteiger charge is -2.37. The molecule has 2 heterocycles. The molecule has 80 valence electrons. The highest BCUT2D eigenvalue weighted by Gasteiger charge is 2.46. The van der Waals surface area contributed by atoms with Gasteiger partial charge in [0.15, 0.2) is 24.2 Å². The van der Waals surface area contributed by atoms with Crippen molar-refractivity contribution in [3.63, 3.8) is 0 Å². The summed E-state index contributed by atoms with van der Waals surface area (Å²) < 4.78 is 4.94. The molecule has 0 radical (unpaired) electrons. The molecule has 0 fully saturated rings. The predicted octanol–water partition coefficient (Wildman–Crippen LogP) is 0.374. The molecule has 6 nitrogen and oxygen atoms in total. The van der Waals surface area contributed by atoms with Gasteiger partial charge in [-0.15, -0.1) is 0 Å². The zero-order valence-corrected chi connectivity index (χ0v) is 8.25. The summed E-state index contributed by atoms with van der Waals surface area (Å²) in [6.07, 6.45) is 1.41. The van der Waals surface area contributed by atoms with Gasteiger partial charge in [-0.25, -0.2) is 0 Å². The number of pyridine rings is 1. The minimum absolute atomic E-state index is 0.168. The van der Waals surface area contributed by atoms with Gasteiger partial charge >= 0.3 is 6.09 Å². The number of ether oxygens (including phenoxy) is 1. The van der Waals surface area contributed by atoms with Gasteiger partial charge in [-0.3, -0.25) is 10.7 Å². The summed E-state index contributed by atoms with van der Waals surface area (Å²) in [6.45, 7) is 0.168. The van der Waals surface area contributed by atoms with Crippen molar-refractivity contribution in [1.82, 2.24) is 9.47 Å². The van der Waals surface area contributed by atoms with E-state index < -0.39 is 12.3 Å². The number of likely N-dealkylation sites (N-methyl/N-ethyl adjacent to an activating group) is 1. The molecular weight excluding hydrogens is 198 g/mol. The maximum Gasteiger partial charge on any atom is 0.520 e. The second kappa shape index (κ2) is 3.18. The first kappa shape index (κ1) is 9.88. The number of rotatable bonds is 0. The van der Waals surface area contributed by atoms with E-state index in [-0.39, 0.29) is 11.1 Å². The maximum absolute atomic E-state index is 11.3. The first-order valence-electron chi connectivity index (χ1n) is 4.49. The molecule has 6 heteroatoms. The average Bonchev–Trinajstić information content (AvgIpc) is 2.23. The highest BCUT2D eigenvalue weighted by molar-refractivity contribution is 5.83. The van der Waals surface area contributed by atoms with Crippen LogP contribution in [0.25, 0.3) is 0 Å². The monoisotopic (exact) mass is 210 g/mol. The molecule has 1 aliphatic rings. The topological polar surface area (TPSA) is 85.4 Å². The zero-order chi connectivity index (χ0) is 11.1. The summed E-state index contributed by atoms with van der Waals surface area (Å²) in [4.78, 5) is 15.1. The van der Waals surface area contributed by atoms with Crippen molar-refractivity contribution < 1.29 is 14.6 Å². The molecule has 1 amide bonds. The largest absolute Gasteiger partial charge is 0.520 e. The molecule has 0 aromatic carbocycles. The summed E-state index contributed by atoms with van der Waals surface area (Å²) in [6, 6.07) is 1.61. The van der Waals surface area contributed by atoms with E-state index in [1.165, 1.54) is 12.4 Å². The van der Waals surface area contributed by atoms with E-state index in [0.29, 0.717) is 11.4 Å². The molecule has 0 bridgehead atoms. The SMILES string of the molecule is C[N+]1(C(=O)O)c2ccncc2OCC1N. The van der Waals surface area contributed by atoms with Gasteiger partial charge in [0.05, 0.1) is 13.2 Å². The van der Waals surface area contributed by atoms with Crippen LogP contribution in [0, 0.1) is 0 Å². The van der Waals surface area contributed by atoms with Crippen LogP contribution in [-0.2, 0) is 0 Å². The van der Waals surface area contributed by atoms with Crippen LogP contribution in [0.5, 0.6) is 5.75 Å². The Bertz CT molecular complexity index is 409. The van der Waals surface area contributed by atoms with Crippen LogP contribution in [0.3, 0.4) is 0 Å². The van der Waals surface area contributed by atoms with E-state index in [2.05, 4.69) is 4.98 Å². The molecule has 0 saturated heterocycles. The summed E-state index contributed by atoms with van der Waals surface area (Å²) >= 11 is 0. The third-order valence-electron chi connectivity index (χ3n) is 2.73. The minimum Gasteiger partial charge on any atom is -0.478 e. The normalized spacial score (nSPS) is 29.1. The summed E-state index contributed by atoms with van der Waals surface area (Å²) in [7, 11) is 1.55. The molecule has 2 unspecified atom stereocenters. The number of aromatic nitrogens is 1. The number of fused-ring (bicyclic) bond motifs is 1. The van der Waals surface area contributed by atoms with Crippen LogP contribution >= 0.6 is 0 Å². The Morgan fingerprint density at radius 3 is 3.20 bits per heavy atom. The zero-order valence-electron chi connectivity index (χ0n) is 8.25. The average molecular weight is 210 g/mol. The Balaban J connectivity index is 2.60. The Labute approximate surface area is 86.5 Å². The third-order valence-corrected chi connectivity index (χ3v) is 2.73. The quantitative estimate of drug-likeness (QED) is 0.604. The number of hydrogen-bond acceptors (Lipinski definition) is 4. The summed E-state index contributed by atoms with van der Waals surface area (Å²) in [5.74, 6) is 0.476. The molecule has 1 aliphatic heterocycles. The van der Waals surface area contributed by atoms with Gasteiger partial charge in [0.25, 0.3) is 0 Å². The number of carbonyl (C=O) groups is 1. The van der Waals surface area contributed by atoms with Crippen LogP contribution in [0.2, 0.25) is 0 Å². The van der Waals surface area contributed by atoms with Crippen molar-refractivity contribution in [3.8, 4) is 5.75 Å². The molecule has 1 aromatic rings. The molecule has 3 N–H and O–H groups in total. The Morgan fingerprint density at radius 1 is 1.80 bits per heavy atom. The number of hydrogen-bond donors (Lipinski definition) is 2. The van der Waals surface area contributed by atoms with E-state index in [9.17, 15) is 9.90 Å². The van der Waals surface area contributed by atoms with Crippen LogP contribution < -0.4 is 15.0 Å². The molecule has 15 heavy (non-hydrogen) atoms. The second-order valence-corrected chi connectivity index (χ2v) is 3.58. The van der Waals surface area contributed by atoms with Crippen molar-refractivity contribution in [1.29, 1.82) is 0 Å². The maximum atomic E-state index is 11.3. The molecule has 1 aromatic heterocycles. The highest BCUT2D eigenvalue weighted by Crippen LogP contribution is 2.36. The molecule has 0 aliphatic carbocycles. The van der Waals surface area contributed by atoms with E-state index >= 15 is 0 Å². The van der Waals surface area contributed by atoms with Gasteiger partial charge < -0.3 is 9.84 Å². The molecular formula is C9H12N3O3+. The van der Waals surface area contributed by atoms with Crippen LogP contribution in [0.15, 0.2) is 18.5 Å². The van der Waals surface area contributed by atoms with Crippen LogP contribution in [-0.4, -0.2) is 36.0 Å². The Hall–Kier alpha value is -1.66. The van der Waals surface area contributed by atoms with Crippen molar-refractivity contribution in [3.05, 3.63) is 18.5 Å². The van der Waals surface area contributed by atoms with E-state index in [4.69, 9.17) is 10.5 Å². The first-order valence-corrected chi connectivity index (χ1v) is 4.49. The van der Waals surface area contributed by atoms with Crippen LogP contribution in [0.1, 0.15) is 0 Å². The number of nitrogens with two attached hydrogens (primary N) is 1. The van der Waals surface area contributed by atoms with Gasteiger partial charge in [-0.1, -0.05) is 0 Å². The minimum atomic E-state index is -1.00. The fourth-order valence-corrected chi connectivity index (χ4v) is 1.62. The summed E-state index contributed by atoms with van der Waals surface area (Å²) in [5, 5.41) is 9.23. The van der Waals surface area contributed by atoms with Crippen molar-refractivity contribution >= 4 is 11.8 Å². The fourth-order valence-electron chi connectivity index (χ4n) is 1.62. The van der Waals surface area contributed by atoms with Crippen LogP contribution in [0.4, 0.5) is 10.5 Å². The molecule has 0 saturated carbocycles. The predicted molar refractivity (Wildman–Crippen MR) is 53.5 cm³/mol. The van der Waals surface area contributed by atoms with Crippen molar-refractivity contribution in [2.45, 2.75) is 6.17 Å². The third kappa shape index (κ3) is 1.26. The van der Waals surface area contributed by atoms with E-state index in [0.717, 1.165) is 0 Å². The first-order chi connectivity index (χ1) is 7.06. The van der Waals surface area contributed by atoms with E-state index in [1.807, 2.05) is 0 Å². The standard InChI is InChI=1S/C9H11N3O3/c1-12(9(13)14)6-2-3-11-4-7(6)15-5-8(12)10/h2-4,8H,5,10H2,1H3/p+1. The lowest BCUT2D eigenvalue weighted by Crippen LogP contribution is -2.65. The van der Waals surface area contributed by atoms with E-state index in [1.54, 1.807) is 13.1 Å². The van der Waals surface area contributed by atoms with Crippen molar-refractivity contribution in [2.75, 3.05) is 13.7 Å². The molecule has 0 spiro atoms.